The Kier molecular flexibility index (Phi) is 23.1. The molecule has 5 aromatic heterocycles. The number of alkyl halides is 2. The molecule has 4 atom stereocenters. The van der Waals surface area contributed by atoms with Crippen LogP contribution in [-0.4, -0.2) is 168 Å². The molecule has 4 spiro atoms. The third-order valence-electron chi connectivity index (χ3n) is 23.0. The van der Waals surface area contributed by atoms with Gasteiger partial charge in [0.05, 0.1) is 46.0 Å². The number of Topliss-reactive ketones (excluding diaryl/α,β-unsaturated/α-hetero) is 4. The van der Waals surface area contributed by atoms with E-state index in [1.165, 1.54) is 43.0 Å². The molecule has 598 valence electrons. The molecule has 0 saturated carbocycles. The summed E-state index contributed by atoms with van der Waals surface area (Å²) in [6, 6.07) is 36.6. The van der Waals surface area contributed by atoms with Crippen LogP contribution in [0.1, 0.15) is 192 Å². The van der Waals surface area contributed by atoms with Gasteiger partial charge in [-0.05, 0) is 199 Å². The van der Waals surface area contributed by atoms with Crippen molar-refractivity contribution < 1.29 is 44.8 Å². The largest absolute Gasteiger partial charge is 0.370 e. The van der Waals surface area contributed by atoms with E-state index in [-0.39, 0.29) is 90.0 Å². The number of aromatic nitrogens is 7. The Bertz CT molecular complexity index is 5540. The number of guanidine groups is 4. The van der Waals surface area contributed by atoms with E-state index in [4.69, 9.17) is 32.9 Å². The number of carbonyl (C=O) groups is 4. The average Bonchev–Trinajstić information content (AvgIpc) is 0.923. The van der Waals surface area contributed by atoms with Crippen LogP contribution in [0.5, 0.6) is 0 Å². The van der Waals surface area contributed by atoms with Crippen molar-refractivity contribution in [1.82, 2.24) is 51.5 Å². The number of nitrogens with two attached hydrogens (primary N) is 4. The lowest BCUT2D eigenvalue weighted by Crippen LogP contribution is -2.52. The van der Waals surface area contributed by atoms with Gasteiger partial charge in [-0.2, -0.15) is 27.7 Å². The number of pyridine rings is 2. The lowest BCUT2D eigenvalue weighted by molar-refractivity contribution is 0.0560. The minimum Gasteiger partial charge on any atom is -0.370 e. The molecule has 9 aromatic rings. The Labute approximate surface area is 666 Å². The van der Waals surface area contributed by atoms with Gasteiger partial charge in [-0.1, -0.05) is 92.4 Å². The van der Waals surface area contributed by atoms with Crippen molar-refractivity contribution in [2.24, 2.45) is 42.9 Å². The number of aryl methyl sites for hydroxylation is 5. The van der Waals surface area contributed by atoms with Gasteiger partial charge in [0.25, 0.3) is 0 Å². The Balaban J connectivity index is 0.000000132. The number of fused-ring (bicyclic) bond motifs is 9. The molecular formula is C82H95F2N19O8S3. The monoisotopic (exact) mass is 1610 g/mol. The fourth-order valence-electron chi connectivity index (χ4n) is 16.7. The van der Waals surface area contributed by atoms with Crippen molar-refractivity contribution in [3.63, 3.8) is 0 Å². The SMILES string of the molecule is C.CN1C(N)=N[C@@]2(CCCc3ccc(CC(=O)c4cc5ccccn5n4)cc32)CS1(=O)=O.CN1C(N)=N[C@@]2(CCCc3ccc(CC(=O)c4cnsn4)cc32)CS1(=O)=O.CN1CC[C@]2(CCCc3ccc(CC(=O)c4ccn(C(F)F)n4)cc32)N=C1N.Cc1ccc(C(=O)Cc2ccc3c(c2)[C@]2(CCC3)CCN(C)C(N)=N2)nc1. The van der Waals surface area contributed by atoms with Gasteiger partial charge in [0, 0.05) is 85.6 Å². The highest BCUT2D eigenvalue weighted by molar-refractivity contribution is 7.90. The highest BCUT2D eigenvalue weighted by atomic mass is 32.2. The molecule has 17 rings (SSSR count). The molecule has 0 amide bonds. The maximum Gasteiger partial charge on any atom is 0.333 e. The van der Waals surface area contributed by atoms with E-state index in [2.05, 4.69) is 58.2 Å². The lowest BCUT2D eigenvalue weighted by atomic mass is 9.73. The molecule has 8 aliphatic rings. The molecule has 4 aromatic carbocycles. The fourth-order valence-corrected chi connectivity index (χ4v) is 20.1. The first-order valence-electron chi connectivity index (χ1n) is 37.8. The molecule has 9 heterocycles. The van der Waals surface area contributed by atoms with Crippen molar-refractivity contribution in [1.29, 1.82) is 0 Å². The summed E-state index contributed by atoms with van der Waals surface area (Å²) in [6.45, 7) is 0.963. The van der Waals surface area contributed by atoms with Gasteiger partial charge in [0.2, 0.25) is 32.0 Å². The van der Waals surface area contributed by atoms with Crippen LogP contribution in [0.25, 0.3) is 5.52 Å². The molecule has 0 unspecified atom stereocenters. The number of hydrogen-bond donors (Lipinski definition) is 4. The molecule has 32 heteroatoms. The first-order chi connectivity index (χ1) is 53.9. The Morgan fingerprint density at radius 2 is 0.895 bits per heavy atom. The van der Waals surface area contributed by atoms with Crippen LogP contribution in [-0.2, 0) is 93.6 Å². The van der Waals surface area contributed by atoms with Crippen molar-refractivity contribution in [3.05, 3.63) is 235 Å². The highest BCUT2D eigenvalue weighted by Crippen LogP contribution is 2.48. The summed E-state index contributed by atoms with van der Waals surface area (Å²) in [5, 5.41) is 8.03. The second-order valence-corrected chi connectivity index (χ2v) is 35.2. The summed E-state index contributed by atoms with van der Waals surface area (Å²) >= 11 is 0.995. The van der Waals surface area contributed by atoms with Crippen LogP contribution in [0, 0.1) is 6.92 Å². The predicted octanol–water partition coefficient (Wildman–Crippen LogP) is 9.48. The van der Waals surface area contributed by atoms with Gasteiger partial charge in [0.1, 0.15) is 33.9 Å². The average molecular weight is 1610 g/mol. The van der Waals surface area contributed by atoms with Gasteiger partial charge in [-0.25, -0.2) is 54.6 Å². The first kappa shape index (κ1) is 81.0. The molecule has 27 nitrogen and oxygen atoms in total. The number of hydrogen-bond acceptors (Lipinski definition) is 24. The van der Waals surface area contributed by atoms with E-state index in [9.17, 15) is 44.8 Å². The second-order valence-electron chi connectivity index (χ2n) is 30.6. The molecular weight excluding hydrogens is 1510 g/mol. The molecule has 0 fully saturated rings. The highest BCUT2D eigenvalue weighted by Gasteiger charge is 2.48. The number of aliphatic imine (C=N–C) groups is 4. The summed E-state index contributed by atoms with van der Waals surface area (Å²) in [5.41, 5.74) is 37.4. The predicted molar refractivity (Wildman–Crippen MR) is 435 cm³/mol. The van der Waals surface area contributed by atoms with Crippen LogP contribution in [0.15, 0.2) is 160 Å². The number of rotatable bonds is 13. The van der Waals surface area contributed by atoms with Crippen molar-refractivity contribution in [3.8, 4) is 0 Å². The van der Waals surface area contributed by atoms with Gasteiger partial charge in [-0.3, -0.25) is 24.2 Å². The molecule has 0 radical (unpaired) electrons. The van der Waals surface area contributed by atoms with E-state index in [1.807, 2.05) is 104 Å². The van der Waals surface area contributed by atoms with Crippen molar-refractivity contribution in [2.45, 2.75) is 159 Å². The smallest absolute Gasteiger partial charge is 0.333 e. The third kappa shape index (κ3) is 16.7. The minimum atomic E-state index is -3.56. The van der Waals surface area contributed by atoms with Crippen molar-refractivity contribution >= 4 is 84.3 Å². The Hall–Kier alpha value is -11.0. The van der Waals surface area contributed by atoms with E-state index in [0.29, 0.717) is 52.9 Å². The van der Waals surface area contributed by atoms with E-state index in [0.717, 1.165) is 178 Å². The number of carbonyl (C=O) groups excluding carboxylic acids is 4. The number of nitrogens with zero attached hydrogens (tertiary/aromatic N) is 15. The zero-order valence-corrected chi connectivity index (χ0v) is 66.1. The lowest BCUT2D eigenvalue weighted by Gasteiger charge is -2.41. The zero-order chi connectivity index (χ0) is 79.9. The summed E-state index contributed by atoms with van der Waals surface area (Å²) in [7, 11) is -0.334. The number of sulfonamides is 2. The summed E-state index contributed by atoms with van der Waals surface area (Å²) in [5.74, 6) is 0.486. The summed E-state index contributed by atoms with van der Waals surface area (Å²) in [6.07, 6.45) is 19.6. The number of benzene rings is 4. The van der Waals surface area contributed by atoms with Crippen LogP contribution in [0.4, 0.5) is 8.78 Å². The Morgan fingerprint density at radius 1 is 0.474 bits per heavy atom. The molecule has 0 bridgehead atoms. The minimum absolute atomic E-state index is 0. The van der Waals surface area contributed by atoms with Crippen LogP contribution >= 0.6 is 11.7 Å². The number of halogens is 2. The Morgan fingerprint density at radius 3 is 1.29 bits per heavy atom. The standard InChI is InChI=1S/C22H23N5O3S.C22H26N4O.C20H23F2N5O.C17H19N5O3S2.CH4/c1-26-21(23)24-22(14-31(26,29)30)9-4-5-16-8-7-15(11-18(16)22)12-20(28)19-13-17-6-2-3-10-27(17)25-19;1-15-5-8-19(24-14-15)20(27)13-16-6-7-17-4-3-9-22(18(17)12-16)10-11-26(2)21(23)25-22;1-26-10-8-20(24-19(26)23)7-2-3-14-5-4-13(11-15(14)20)12-17(28)16-6-9-27(25-16)18(21)22;1-22-16(18)20-17(10-27(22,24)25)6-2-3-12-5-4-11(7-13(12)17)8-15(23)14-9-19-26-21-14;/h2-3,6-8,10-11,13H,4-5,9,12,14H2,1H3,(H2,23,24);5-8,12,14H,3-4,9-11,13H2,1-2H3,(H2,23,25);4-6,9,11,18H,2-3,7-8,10,12H2,1H3,(H2,23,24);4-5,7,9H,2-3,6,8,10H2,1H3,(H2,18,20);1H4/t2*22-;20-;17-;/m0000./s1. The fraction of sp³-hybridized carbons (Fsp3) is 0.402. The molecule has 8 N–H and O–H groups in total. The van der Waals surface area contributed by atoms with Crippen LogP contribution in [0.2, 0.25) is 0 Å². The first-order valence-corrected chi connectivity index (χ1v) is 41.7. The van der Waals surface area contributed by atoms with Gasteiger partial charge < -0.3 is 32.7 Å². The summed E-state index contributed by atoms with van der Waals surface area (Å²) < 4.78 is 88.1. The van der Waals surface area contributed by atoms with Gasteiger partial charge >= 0.3 is 6.55 Å². The third-order valence-corrected chi connectivity index (χ3v) is 27.2. The molecule has 0 saturated heterocycles. The maximum absolute atomic E-state index is 12.9. The normalized spacial score (nSPS) is 22.2. The van der Waals surface area contributed by atoms with Crippen molar-refractivity contribution in [2.75, 3.05) is 52.8 Å². The topological polar surface area (TPSA) is 377 Å². The summed E-state index contributed by atoms with van der Waals surface area (Å²) in [4.78, 5) is 77.6. The number of ketones is 4. The zero-order valence-electron chi connectivity index (χ0n) is 63.7. The van der Waals surface area contributed by atoms with E-state index >= 15 is 0 Å². The van der Waals surface area contributed by atoms with Crippen LogP contribution in [0.3, 0.4) is 0 Å². The molecule has 114 heavy (non-hydrogen) atoms. The van der Waals surface area contributed by atoms with Gasteiger partial charge in [0.15, 0.2) is 35.1 Å². The van der Waals surface area contributed by atoms with E-state index < -0.39 is 37.7 Å². The quantitative estimate of drug-likeness (QED) is 0.0780. The van der Waals surface area contributed by atoms with E-state index in [1.54, 1.807) is 29.0 Å². The second kappa shape index (κ2) is 32.5. The van der Waals surface area contributed by atoms with Crippen LogP contribution < -0.4 is 22.9 Å². The molecule has 4 aliphatic heterocycles. The van der Waals surface area contributed by atoms with Gasteiger partial charge in [-0.15, -0.1) is 0 Å². The molecule has 4 aliphatic carbocycles. The maximum atomic E-state index is 12.9.